The number of amides is 1. The van der Waals surface area contributed by atoms with Gasteiger partial charge in [-0.2, -0.15) is 5.10 Å². The van der Waals surface area contributed by atoms with E-state index in [2.05, 4.69) is 10.4 Å². The third-order valence-electron chi connectivity index (χ3n) is 4.23. The van der Waals surface area contributed by atoms with E-state index in [1.54, 1.807) is 49.9 Å². The lowest BCUT2D eigenvalue weighted by Crippen LogP contribution is -2.56. The molecular weight excluding hydrogens is 292 g/mol. The Kier molecular flexibility index (Phi) is 4.38. The molecule has 3 unspecified atom stereocenters. The van der Waals surface area contributed by atoms with E-state index >= 15 is 0 Å². The molecule has 1 fully saturated rings. The van der Waals surface area contributed by atoms with Gasteiger partial charge in [0.2, 0.25) is 5.91 Å². The topological polar surface area (TPSA) is 84.3 Å². The van der Waals surface area contributed by atoms with Crippen LogP contribution in [0, 0.1) is 0 Å². The molecule has 21 heavy (non-hydrogen) atoms. The van der Waals surface area contributed by atoms with Crippen LogP contribution in [0.25, 0.3) is 0 Å². The summed E-state index contributed by atoms with van der Waals surface area (Å²) >= 11 is 0. The van der Waals surface area contributed by atoms with Crippen molar-refractivity contribution in [3.05, 3.63) is 18.0 Å². The Labute approximate surface area is 125 Å². The molecule has 1 N–H and O–H groups in total. The predicted octanol–water partition coefficient (Wildman–Crippen LogP) is -0.285. The maximum absolute atomic E-state index is 12.7. The van der Waals surface area contributed by atoms with Gasteiger partial charge in [0, 0.05) is 31.4 Å². The molecule has 0 bridgehead atoms. The Morgan fingerprint density at radius 3 is 2.67 bits per heavy atom. The van der Waals surface area contributed by atoms with Crippen molar-refractivity contribution in [2.24, 2.45) is 7.05 Å². The first-order valence-corrected chi connectivity index (χ1v) is 8.67. The molecule has 1 aliphatic rings. The van der Waals surface area contributed by atoms with Gasteiger partial charge in [-0.25, -0.2) is 8.42 Å². The van der Waals surface area contributed by atoms with Crippen LogP contribution in [0.15, 0.2) is 12.4 Å². The predicted molar refractivity (Wildman–Crippen MR) is 79.4 cm³/mol. The van der Waals surface area contributed by atoms with Crippen molar-refractivity contribution in [1.82, 2.24) is 20.0 Å². The molecule has 1 saturated heterocycles. The number of hydrogen-bond donors (Lipinski definition) is 1. The van der Waals surface area contributed by atoms with E-state index in [9.17, 15) is 13.2 Å². The fourth-order valence-corrected chi connectivity index (χ4v) is 4.24. The quantitative estimate of drug-likeness (QED) is 0.829. The highest BCUT2D eigenvalue weighted by molar-refractivity contribution is 7.92. The molecular formula is C13H22N4O3S. The minimum atomic E-state index is -3.10. The number of carbonyl (C=O) groups excluding carboxylic acids is 1. The summed E-state index contributed by atoms with van der Waals surface area (Å²) in [4.78, 5) is 14.4. The van der Waals surface area contributed by atoms with Gasteiger partial charge in [-0.05, 0) is 20.9 Å². The van der Waals surface area contributed by atoms with E-state index in [0.29, 0.717) is 0 Å². The normalized spacial score (nSPS) is 26.6. The van der Waals surface area contributed by atoms with Gasteiger partial charge in [0.15, 0.2) is 9.84 Å². The monoisotopic (exact) mass is 314 g/mol. The minimum absolute atomic E-state index is 0.0215. The van der Waals surface area contributed by atoms with Crippen LogP contribution in [0.4, 0.5) is 0 Å². The number of likely N-dealkylation sites (N-methyl/N-ethyl adjacent to an activating group) is 1. The number of hydrogen-bond acceptors (Lipinski definition) is 5. The summed E-state index contributed by atoms with van der Waals surface area (Å²) in [5.74, 6) is -0.0898. The van der Waals surface area contributed by atoms with Crippen molar-refractivity contribution < 1.29 is 13.2 Å². The maximum atomic E-state index is 12.7. The second-order valence-electron chi connectivity index (χ2n) is 5.51. The summed E-state index contributed by atoms with van der Waals surface area (Å²) in [6.45, 7) is 3.69. The largest absolute Gasteiger partial charge is 0.336 e. The van der Waals surface area contributed by atoms with Crippen LogP contribution in [0.1, 0.15) is 25.5 Å². The van der Waals surface area contributed by atoms with Crippen molar-refractivity contribution in [3.8, 4) is 0 Å². The summed E-state index contributed by atoms with van der Waals surface area (Å²) in [5.41, 5.74) is 0.776. The number of aromatic nitrogens is 2. The average Bonchev–Trinajstić information content (AvgIpc) is 2.83. The van der Waals surface area contributed by atoms with Gasteiger partial charge in [0.25, 0.3) is 0 Å². The Bertz CT molecular complexity index is 625. The molecule has 3 atom stereocenters. The fourth-order valence-electron chi connectivity index (χ4n) is 2.67. The molecule has 8 heteroatoms. The molecule has 1 aliphatic heterocycles. The molecule has 0 radical (unpaired) electrons. The van der Waals surface area contributed by atoms with Gasteiger partial charge in [-0.3, -0.25) is 9.48 Å². The van der Waals surface area contributed by atoms with E-state index in [-0.39, 0.29) is 24.2 Å². The second-order valence-corrected chi connectivity index (χ2v) is 7.99. The Morgan fingerprint density at radius 2 is 2.14 bits per heavy atom. The molecule has 0 aliphatic carbocycles. The highest BCUT2D eigenvalue weighted by Crippen LogP contribution is 2.23. The lowest BCUT2D eigenvalue weighted by molar-refractivity contribution is -0.135. The summed E-state index contributed by atoms with van der Waals surface area (Å²) in [5, 5.41) is 6.53. The van der Waals surface area contributed by atoms with Crippen molar-refractivity contribution in [1.29, 1.82) is 0 Å². The van der Waals surface area contributed by atoms with E-state index in [1.165, 1.54) is 0 Å². The van der Waals surface area contributed by atoms with Crippen LogP contribution in [-0.2, 0) is 21.7 Å². The second kappa shape index (κ2) is 5.76. The number of nitrogens with one attached hydrogen (secondary N) is 1. The lowest BCUT2D eigenvalue weighted by atomic mass is 10.1. The zero-order valence-corrected chi connectivity index (χ0v) is 13.6. The van der Waals surface area contributed by atoms with Gasteiger partial charge in [-0.1, -0.05) is 0 Å². The molecule has 118 valence electrons. The van der Waals surface area contributed by atoms with Gasteiger partial charge in [0.1, 0.15) is 6.04 Å². The van der Waals surface area contributed by atoms with Crippen LogP contribution in [0.2, 0.25) is 0 Å². The molecule has 1 amide bonds. The van der Waals surface area contributed by atoms with Gasteiger partial charge in [0.05, 0.1) is 17.2 Å². The minimum Gasteiger partial charge on any atom is -0.336 e. The summed E-state index contributed by atoms with van der Waals surface area (Å²) in [6, 6.07) is -0.835. The molecule has 1 aromatic rings. The fraction of sp³-hybridized carbons (Fsp3) is 0.692. The molecule has 2 rings (SSSR count). The van der Waals surface area contributed by atoms with Crippen molar-refractivity contribution >= 4 is 15.7 Å². The van der Waals surface area contributed by atoms with Crippen LogP contribution >= 0.6 is 0 Å². The molecule has 7 nitrogen and oxygen atoms in total. The van der Waals surface area contributed by atoms with Crippen molar-refractivity contribution in [3.63, 3.8) is 0 Å². The number of rotatable bonds is 3. The number of nitrogens with zero attached hydrogens (tertiary/aromatic N) is 3. The first kappa shape index (κ1) is 16.0. The van der Waals surface area contributed by atoms with E-state index < -0.39 is 21.1 Å². The maximum Gasteiger partial charge on any atom is 0.244 e. The average molecular weight is 314 g/mol. The smallest absolute Gasteiger partial charge is 0.244 e. The Hall–Kier alpha value is -1.41. The van der Waals surface area contributed by atoms with Crippen LogP contribution < -0.4 is 5.32 Å². The lowest BCUT2D eigenvalue weighted by Gasteiger charge is -2.39. The van der Waals surface area contributed by atoms with E-state index in [1.807, 2.05) is 0 Å². The van der Waals surface area contributed by atoms with Crippen LogP contribution in [-0.4, -0.2) is 59.6 Å². The molecule has 0 aromatic carbocycles. The summed E-state index contributed by atoms with van der Waals surface area (Å²) in [6.07, 6.45) is 3.43. The first-order chi connectivity index (χ1) is 9.77. The zero-order valence-electron chi connectivity index (χ0n) is 12.8. The molecule has 2 heterocycles. The Balaban J connectivity index is 2.22. The standard InChI is InChI=1S/C13H22N4O3S/c1-9-10(2)21(19,20)6-5-17(9)13(18)12(14-3)11-7-15-16(4)8-11/h7-10,12,14H,5-6H2,1-4H3. The van der Waals surface area contributed by atoms with Crippen LogP contribution in [0.5, 0.6) is 0 Å². The first-order valence-electron chi connectivity index (χ1n) is 6.95. The molecule has 1 aromatic heterocycles. The van der Waals surface area contributed by atoms with E-state index in [0.717, 1.165) is 5.56 Å². The summed E-state index contributed by atoms with van der Waals surface area (Å²) in [7, 11) is 0.402. The van der Waals surface area contributed by atoms with Crippen molar-refractivity contribution in [2.45, 2.75) is 31.2 Å². The van der Waals surface area contributed by atoms with Crippen LogP contribution in [0.3, 0.4) is 0 Å². The van der Waals surface area contributed by atoms with Gasteiger partial charge >= 0.3 is 0 Å². The van der Waals surface area contributed by atoms with Gasteiger partial charge in [-0.15, -0.1) is 0 Å². The zero-order chi connectivity index (χ0) is 15.8. The highest BCUT2D eigenvalue weighted by Gasteiger charge is 2.40. The highest BCUT2D eigenvalue weighted by atomic mass is 32.2. The summed E-state index contributed by atoms with van der Waals surface area (Å²) < 4.78 is 25.5. The van der Waals surface area contributed by atoms with Crippen molar-refractivity contribution in [2.75, 3.05) is 19.3 Å². The third kappa shape index (κ3) is 2.96. The number of carbonyl (C=O) groups is 1. The molecule has 0 saturated carbocycles. The van der Waals surface area contributed by atoms with Gasteiger partial charge < -0.3 is 10.2 Å². The van der Waals surface area contributed by atoms with E-state index in [4.69, 9.17) is 0 Å². The SMILES string of the molecule is CNC(C(=O)N1CCS(=O)(=O)C(C)C1C)c1cnn(C)c1. The molecule has 0 spiro atoms. The number of aryl methyl sites for hydroxylation is 1. The third-order valence-corrected chi connectivity index (χ3v) is 6.51. The number of sulfone groups is 1. The Morgan fingerprint density at radius 1 is 1.48 bits per heavy atom.